The molecule has 9 nitrogen and oxygen atoms in total. The van der Waals surface area contributed by atoms with Crippen molar-refractivity contribution in [2.75, 3.05) is 35.7 Å². The van der Waals surface area contributed by atoms with Gasteiger partial charge in [0.1, 0.15) is 17.7 Å². The fourth-order valence-electron chi connectivity index (χ4n) is 4.25. The van der Waals surface area contributed by atoms with Crippen molar-refractivity contribution in [3.63, 3.8) is 0 Å². The molecule has 10 heteroatoms. The predicted octanol–water partition coefficient (Wildman–Crippen LogP) is 2.50. The molecule has 1 N–H and O–H groups in total. The Morgan fingerprint density at radius 2 is 1.97 bits per heavy atom. The van der Waals surface area contributed by atoms with Gasteiger partial charge in [-0.2, -0.15) is 0 Å². The number of aromatic nitrogens is 4. The molecule has 2 amide bonds. The minimum absolute atomic E-state index is 0.0635. The zero-order valence-electron chi connectivity index (χ0n) is 19.3. The number of thioether (sulfide) groups is 1. The fourth-order valence-corrected chi connectivity index (χ4v) is 5.35. The van der Waals surface area contributed by atoms with Gasteiger partial charge in [0.2, 0.25) is 11.7 Å². The Hall–Kier alpha value is -3.40. The molecule has 2 aliphatic heterocycles. The van der Waals surface area contributed by atoms with Gasteiger partial charge in [0.05, 0.1) is 18.4 Å². The lowest BCUT2D eigenvalue weighted by Crippen LogP contribution is -2.48. The van der Waals surface area contributed by atoms with E-state index in [2.05, 4.69) is 31.3 Å². The van der Waals surface area contributed by atoms with Crippen LogP contribution in [0.25, 0.3) is 0 Å². The van der Waals surface area contributed by atoms with Crippen LogP contribution in [0.3, 0.4) is 0 Å². The van der Waals surface area contributed by atoms with Crippen molar-refractivity contribution in [1.82, 2.24) is 25.1 Å². The minimum atomic E-state index is -0.688. The molecule has 1 atom stereocenters. The Morgan fingerprint density at radius 3 is 2.74 bits per heavy atom. The van der Waals surface area contributed by atoms with Crippen molar-refractivity contribution in [3.05, 3.63) is 59.8 Å². The number of pyridine rings is 1. The van der Waals surface area contributed by atoms with Gasteiger partial charge < -0.3 is 15.1 Å². The molecule has 176 valence electrons. The summed E-state index contributed by atoms with van der Waals surface area (Å²) < 4.78 is 1.70. The van der Waals surface area contributed by atoms with Crippen LogP contribution in [0.2, 0.25) is 0 Å². The maximum absolute atomic E-state index is 13.1. The number of benzene rings is 1. The van der Waals surface area contributed by atoms with Crippen LogP contribution < -0.4 is 15.1 Å². The van der Waals surface area contributed by atoms with Crippen molar-refractivity contribution >= 4 is 35.1 Å². The third-order valence-corrected chi connectivity index (χ3v) is 7.34. The molecule has 1 aromatic carbocycles. The summed E-state index contributed by atoms with van der Waals surface area (Å²) in [5, 5.41) is 7.22. The van der Waals surface area contributed by atoms with Gasteiger partial charge in [0.25, 0.3) is 5.91 Å². The number of fused-ring (bicyclic) bond motifs is 1. The first kappa shape index (κ1) is 22.4. The number of rotatable bonds is 5. The Balaban J connectivity index is 1.29. The number of nitrogens with zero attached hydrogens (tertiary/aromatic N) is 6. The molecule has 5 rings (SSSR count). The molecular weight excluding hydrogens is 450 g/mol. The molecule has 3 aromatic rings. The van der Waals surface area contributed by atoms with E-state index in [9.17, 15) is 9.59 Å². The number of hydrogen-bond donors (Lipinski definition) is 1. The van der Waals surface area contributed by atoms with Crippen LogP contribution in [0.15, 0.2) is 47.5 Å². The Labute approximate surface area is 202 Å². The fraction of sp³-hybridized carbons (Fsp3) is 0.375. The van der Waals surface area contributed by atoms with E-state index >= 15 is 0 Å². The normalized spacial score (nSPS) is 18.1. The molecule has 2 aromatic heterocycles. The smallest absolute Gasteiger partial charge is 0.291 e. The van der Waals surface area contributed by atoms with Crippen LogP contribution >= 0.6 is 11.8 Å². The number of amides is 2. The molecule has 2 aliphatic rings. The molecule has 0 saturated carbocycles. The highest BCUT2D eigenvalue weighted by molar-refractivity contribution is 7.99. The third kappa shape index (κ3) is 4.50. The highest BCUT2D eigenvalue weighted by atomic mass is 32.2. The van der Waals surface area contributed by atoms with Crippen LogP contribution in [0.1, 0.15) is 34.8 Å². The number of carbonyl (C=O) groups is 2. The second-order valence-electron chi connectivity index (χ2n) is 8.56. The van der Waals surface area contributed by atoms with Gasteiger partial charge in [-0.15, -0.1) is 16.9 Å². The van der Waals surface area contributed by atoms with Gasteiger partial charge >= 0.3 is 0 Å². The van der Waals surface area contributed by atoms with E-state index in [1.165, 1.54) is 12.8 Å². The van der Waals surface area contributed by atoms with E-state index in [-0.39, 0.29) is 11.7 Å². The lowest BCUT2D eigenvalue weighted by Gasteiger charge is -2.22. The predicted molar refractivity (Wildman–Crippen MR) is 131 cm³/mol. The maximum Gasteiger partial charge on any atom is 0.291 e. The van der Waals surface area contributed by atoms with Gasteiger partial charge in [-0.05, 0) is 31.4 Å². The summed E-state index contributed by atoms with van der Waals surface area (Å²) in [5.41, 5.74) is 1.83. The minimum Gasteiger partial charge on any atom is -0.357 e. The number of anilines is 2. The molecule has 0 unspecified atom stereocenters. The largest absolute Gasteiger partial charge is 0.357 e. The molecular formula is C24H27N7O2S. The molecule has 34 heavy (non-hydrogen) atoms. The van der Waals surface area contributed by atoms with Crippen LogP contribution in [0.4, 0.5) is 11.5 Å². The molecule has 1 fully saturated rings. The van der Waals surface area contributed by atoms with E-state index in [1.54, 1.807) is 34.6 Å². The van der Waals surface area contributed by atoms with E-state index in [0.717, 1.165) is 35.1 Å². The van der Waals surface area contributed by atoms with Crippen LogP contribution in [0, 0.1) is 6.92 Å². The average molecular weight is 478 g/mol. The van der Waals surface area contributed by atoms with Crippen LogP contribution in [0.5, 0.6) is 0 Å². The van der Waals surface area contributed by atoms with Gasteiger partial charge in [-0.3, -0.25) is 9.59 Å². The van der Waals surface area contributed by atoms with Gasteiger partial charge in [0, 0.05) is 30.8 Å². The van der Waals surface area contributed by atoms with Crippen molar-refractivity contribution in [2.45, 2.75) is 37.2 Å². The third-order valence-electron chi connectivity index (χ3n) is 6.20. The monoisotopic (exact) mass is 477 g/mol. The van der Waals surface area contributed by atoms with Gasteiger partial charge in [-0.25, -0.2) is 14.6 Å². The number of carbonyl (C=O) groups excluding carboxylic acids is 2. The summed E-state index contributed by atoms with van der Waals surface area (Å²) in [7, 11) is 1.72. The van der Waals surface area contributed by atoms with Crippen molar-refractivity contribution in [3.8, 4) is 0 Å². The summed E-state index contributed by atoms with van der Waals surface area (Å²) in [6, 6.07) is 11.2. The van der Waals surface area contributed by atoms with E-state index < -0.39 is 11.9 Å². The summed E-state index contributed by atoms with van der Waals surface area (Å²) in [4.78, 5) is 39.8. The van der Waals surface area contributed by atoms with E-state index in [0.29, 0.717) is 18.1 Å². The quantitative estimate of drug-likeness (QED) is 0.603. The zero-order chi connectivity index (χ0) is 23.7. The topological polar surface area (TPSA) is 96.2 Å². The number of aryl methyl sites for hydroxylation is 1. The first-order chi connectivity index (χ1) is 16.5. The van der Waals surface area contributed by atoms with Crippen LogP contribution in [-0.4, -0.2) is 63.5 Å². The molecule has 0 bridgehead atoms. The average Bonchev–Trinajstić information content (AvgIpc) is 3.49. The second-order valence-corrected chi connectivity index (χ2v) is 9.63. The standard InChI is InChI=1S/C24H27N7O2S/c1-16-26-22(28-31(16)14-17-8-4-3-5-9-17)23(32)27-18-15-34-20-12-21(30-10-6-7-11-30)25-13-19(20)29(2)24(18)33/h3-5,8-9,12-13,18H,6-7,10-11,14-15H2,1-2H3,(H,27,32)/t18-/m0/s1. The van der Waals surface area contributed by atoms with Crippen molar-refractivity contribution in [2.24, 2.45) is 0 Å². The first-order valence-electron chi connectivity index (χ1n) is 11.4. The summed E-state index contributed by atoms with van der Waals surface area (Å²) in [6.07, 6.45) is 4.11. The van der Waals surface area contributed by atoms with E-state index in [1.807, 2.05) is 37.3 Å². The summed E-state index contributed by atoms with van der Waals surface area (Å²) >= 11 is 1.56. The zero-order valence-corrected chi connectivity index (χ0v) is 20.1. The SMILES string of the molecule is Cc1nc(C(=O)N[C@H]2CSc3cc(N4CCCC4)ncc3N(C)C2=O)nn1Cc1ccccc1. The summed E-state index contributed by atoms with van der Waals surface area (Å²) in [5.74, 6) is 1.43. The molecule has 0 radical (unpaired) electrons. The van der Waals surface area contributed by atoms with Crippen molar-refractivity contribution < 1.29 is 9.59 Å². The highest BCUT2D eigenvalue weighted by Gasteiger charge is 2.32. The van der Waals surface area contributed by atoms with Crippen LogP contribution in [-0.2, 0) is 11.3 Å². The lowest BCUT2D eigenvalue weighted by molar-refractivity contribution is -0.119. The number of likely N-dealkylation sites (N-methyl/N-ethyl adjacent to an activating group) is 1. The van der Waals surface area contributed by atoms with E-state index in [4.69, 9.17) is 0 Å². The molecule has 0 spiro atoms. The van der Waals surface area contributed by atoms with Gasteiger partial charge in [-0.1, -0.05) is 30.3 Å². The molecule has 1 saturated heterocycles. The highest BCUT2D eigenvalue weighted by Crippen LogP contribution is 2.36. The van der Waals surface area contributed by atoms with Gasteiger partial charge in [0.15, 0.2) is 0 Å². The number of nitrogens with one attached hydrogen (secondary N) is 1. The first-order valence-corrected chi connectivity index (χ1v) is 12.4. The van der Waals surface area contributed by atoms with Crippen molar-refractivity contribution in [1.29, 1.82) is 0 Å². The Morgan fingerprint density at radius 1 is 1.21 bits per heavy atom. The Bertz CT molecular complexity index is 1210. The second kappa shape index (κ2) is 9.46. The Kier molecular flexibility index (Phi) is 6.23. The summed E-state index contributed by atoms with van der Waals surface area (Å²) in [6.45, 7) is 4.35. The molecule has 0 aliphatic carbocycles. The number of hydrogen-bond acceptors (Lipinski definition) is 7. The molecule has 4 heterocycles. The lowest BCUT2D eigenvalue weighted by atomic mass is 10.2. The maximum atomic E-state index is 13.1.